The quantitative estimate of drug-likeness (QED) is 0.734. The Morgan fingerprint density at radius 3 is 2.25 bits per heavy atom. The van der Waals surface area contributed by atoms with Gasteiger partial charge in [0.15, 0.2) is 0 Å². The van der Waals surface area contributed by atoms with Crippen LogP contribution in [0.25, 0.3) is 5.69 Å². The number of hydrogen-bond acceptors (Lipinski definition) is 5. The van der Waals surface area contributed by atoms with Gasteiger partial charge < -0.3 is 10.1 Å². The van der Waals surface area contributed by atoms with E-state index in [1.807, 2.05) is 35.4 Å². The number of carbonyl (C=O) groups excluding carboxylic acids is 1. The van der Waals surface area contributed by atoms with Gasteiger partial charge in [-0.3, -0.25) is 19.2 Å². The predicted molar refractivity (Wildman–Crippen MR) is 114 cm³/mol. The number of aromatic nitrogens is 1. The molecule has 0 saturated carbocycles. The van der Waals surface area contributed by atoms with Gasteiger partial charge in [0, 0.05) is 37.6 Å². The first-order valence-electron chi connectivity index (χ1n) is 10.2. The molecule has 1 saturated heterocycles. The SMILES string of the molecule is COc1ccc(-n2c(C)c(C)c(C#N)c2NC(=O)CN2CCN(CC(F)(F)F)CC2)cc1. The molecular weight excluding hydrogens is 423 g/mol. The first-order chi connectivity index (χ1) is 15.1. The molecule has 1 N–H and O–H groups in total. The van der Waals surface area contributed by atoms with Crippen molar-refractivity contribution in [3.63, 3.8) is 0 Å². The lowest BCUT2D eigenvalue weighted by Crippen LogP contribution is -2.50. The van der Waals surface area contributed by atoms with Crippen LogP contribution in [0.5, 0.6) is 5.75 Å². The van der Waals surface area contributed by atoms with E-state index in [0.29, 0.717) is 30.2 Å². The van der Waals surface area contributed by atoms with Gasteiger partial charge in [0.25, 0.3) is 0 Å². The van der Waals surface area contributed by atoms with Gasteiger partial charge >= 0.3 is 6.18 Å². The lowest BCUT2D eigenvalue weighted by Gasteiger charge is -2.34. The number of methoxy groups -OCH3 is 1. The first-order valence-corrected chi connectivity index (χ1v) is 10.2. The Morgan fingerprint density at radius 1 is 1.12 bits per heavy atom. The largest absolute Gasteiger partial charge is 0.497 e. The second-order valence-electron chi connectivity index (χ2n) is 7.79. The third-order valence-corrected chi connectivity index (χ3v) is 5.65. The maximum Gasteiger partial charge on any atom is 0.401 e. The van der Waals surface area contributed by atoms with E-state index < -0.39 is 12.7 Å². The fourth-order valence-corrected chi connectivity index (χ4v) is 3.85. The molecule has 7 nitrogen and oxygen atoms in total. The van der Waals surface area contributed by atoms with Crippen LogP contribution in [0.4, 0.5) is 19.0 Å². The molecule has 1 aromatic heterocycles. The Hall–Kier alpha value is -3.03. The van der Waals surface area contributed by atoms with E-state index >= 15 is 0 Å². The van der Waals surface area contributed by atoms with Crippen LogP contribution in [-0.2, 0) is 4.79 Å². The number of carbonyl (C=O) groups is 1. The summed E-state index contributed by atoms with van der Waals surface area (Å²) in [6.07, 6.45) is -4.23. The van der Waals surface area contributed by atoms with Crippen LogP contribution in [0.3, 0.4) is 0 Å². The van der Waals surface area contributed by atoms with Crippen LogP contribution >= 0.6 is 0 Å². The van der Waals surface area contributed by atoms with Crippen molar-refractivity contribution in [1.82, 2.24) is 14.4 Å². The van der Waals surface area contributed by atoms with Crippen molar-refractivity contribution in [2.75, 3.05) is 51.7 Å². The summed E-state index contributed by atoms with van der Waals surface area (Å²) in [6, 6.07) is 9.43. The molecule has 0 spiro atoms. The first kappa shape index (κ1) is 23.6. The summed E-state index contributed by atoms with van der Waals surface area (Å²) in [6.45, 7) is 4.02. The maximum atomic E-state index is 12.8. The monoisotopic (exact) mass is 449 g/mol. The van der Waals surface area contributed by atoms with Crippen LogP contribution in [-0.4, -0.2) is 72.8 Å². The van der Waals surface area contributed by atoms with E-state index in [0.717, 1.165) is 16.9 Å². The number of anilines is 1. The van der Waals surface area contributed by atoms with E-state index in [2.05, 4.69) is 11.4 Å². The average molecular weight is 449 g/mol. The Morgan fingerprint density at radius 2 is 1.72 bits per heavy atom. The fourth-order valence-electron chi connectivity index (χ4n) is 3.85. The highest BCUT2D eigenvalue weighted by molar-refractivity contribution is 5.93. The number of hydrogen-bond donors (Lipinski definition) is 1. The number of amides is 1. The Bertz CT molecular complexity index is 1000. The lowest BCUT2D eigenvalue weighted by atomic mass is 10.2. The smallest absolute Gasteiger partial charge is 0.401 e. The molecule has 3 rings (SSSR count). The second-order valence-corrected chi connectivity index (χ2v) is 7.79. The third-order valence-electron chi connectivity index (χ3n) is 5.65. The zero-order valence-electron chi connectivity index (χ0n) is 18.3. The van der Waals surface area contributed by atoms with E-state index in [1.165, 1.54) is 4.90 Å². The molecule has 0 unspecified atom stereocenters. The van der Waals surface area contributed by atoms with Gasteiger partial charge in [0.1, 0.15) is 17.6 Å². The molecule has 0 atom stereocenters. The van der Waals surface area contributed by atoms with Crippen molar-refractivity contribution in [3.8, 4) is 17.5 Å². The summed E-state index contributed by atoms with van der Waals surface area (Å²) >= 11 is 0. The molecule has 0 radical (unpaired) electrons. The number of nitrogens with one attached hydrogen (secondary N) is 1. The summed E-state index contributed by atoms with van der Waals surface area (Å²) in [5.74, 6) is 0.748. The number of halogens is 3. The molecule has 2 aromatic rings. The Kier molecular flexibility index (Phi) is 7.11. The summed E-state index contributed by atoms with van der Waals surface area (Å²) in [5.41, 5.74) is 2.73. The van der Waals surface area contributed by atoms with Gasteiger partial charge in [-0.05, 0) is 43.7 Å². The molecule has 1 aliphatic heterocycles. The molecule has 10 heteroatoms. The van der Waals surface area contributed by atoms with Gasteiger partial charge in [-0.2, -0.15) is 18.4 Å². The van der Waals surface area contributed by atoms with E-state index in [9.17, 15) is 23.2 Å². The minimum absolute atomic E-state index is 0.0383. The lowest BCUT2D eigenvalue weighted by molar-refractivity contribution is -0.149. The number of rotatable bonds is 6. The number of nitrogens with zero attached hydrogens (tertiary/aromatic N) is 4. The molecule has 0 aliphatic carbocycles. The molecule has 1 aromatic carbocycles. The second kappa shape index (κ2) is 9.63. The van der Waals surface area contributed by atoms with Gasteiger partial charge in [-0.25, -0.2) is 0 Å². The molecule has 1 aliphatic rings. The van der Waals surface area contributed by atoms with Crippen molar-refractivity contribution in [2.24, 2.45) is 0 Å². The summed E-state index contributed by atoms with van der Waals surface area (Å²) in [4.78, 5) is 15.9. The molecule has 172 valence electrons. The minimum atomic E-state index is -4.23. The van der Waals surface area contributed by atoms with Crippen molar-refractivity contribution in [2.45, 2.75) is 20.0 Å². The standard InChI is InChI=1S/C22H26F3N5O2/c1-15-16(2)30(17-4-6-18(32-3)7-5-17)21(19(15)12-26)27-20(31)13-28-8-10-29(11-9-28)14-22(23,24)25/h4-7H,8-11,13-14H2,1-3H3,(H,27,31). The van der Waals surface area contributed by atoms with E-state index in [-0.39, 0.29) is 25.5 Å². The van der Waals surface area contributed by atoms with Crippen molar-refractivity contribution in [1.29, 1.82) is 5.26 Å². The van der Waals surface area contributed by atoms with Crippen LogP contribution in [0.2, 0.25) is 0 Å². The summed E-state index contributed by atoms with van der Waals surface area (Å²) in [5, 5.41) is 12.5. The van der Waals surface area contributed by atoms with Crippen LogP contribution in [0.15, 0.2) is 24.3 Å². The normalized spacial score (nSPS) is 15.4. The van der Waals surface area contributed by atoms with Crippen molar-refractivity contribution < 1.29 is 22.7 Å². The third kappa shape index (κ3) is 5.41. The predicted octanol–water partition coefficient (Wildman–Crippen LogP) is 3.09. The number of benzene rings is 1. The minimum Gasteiger partial charge on any atom is -0.497 e. The highest BCUT2D eigenvalue weighted by atomic mass is 19.4. The average Bonchev–Trinajstić information content (AvgIpc) is 2.97. The molecule has 2 heterocycles. The van der Waals surface area contributed by atoms with Gasteiger partial charge in [-0.15, -0.1) is 0 Å². The highest BCUT2D eigenvalue weighted by Crippen LogP contribution is 2.30. The highest BCUT2D eigenvalue weighted by Gasteiger charge is 2.32. The zero-order chi connectivity index (χ0) is 23.5. The number of alkyl halides is 3. The Balaban J connectivity index is 1.73. The summed E-state index contributed by atoms with van der Waals surface area (Å²) < 4.78 is 44.7. The maximum absolute atomic E-state index is 12.8. The Labute approximate surface area is 185 Å². The van der Waals surface area contributed by atoms with Crippen LogP contribution in [0, 0.1) is 25.2 Å². The number of ether oxygens (including phenoxy) is 1. The number of nitriles is 1. The van der Waals surface area contributed by atoms with Gasteiger partial charge in [0.05, 0.1) is 25.8 Å². The van der Waals surface area contributed by atoms with Crippen LogP contribution < -0.4 is 10.1 Å². The van der Waals surface area contributed by atoms with E-state index in [1.54, 1.807) is 19.2 Å². The van der Waals surface area contributed by atoms with Crippen LogP contribution in [0.1, 0.15) is 16.8 Å². The molecule has 1 amide bonds. The van der Waals surface area contributed by atoms with Gasteiger partial charge in [-0.1, -0.05) is 0 Å². The summed E-state index contributed by atoms with van der Waals surface area (Å²) in [7, 11) is 1.57. The van der Waals surface area contributed by atoms with Crippen molar-refractivity contribution in [3.05, 3.63) is 41.1 Å². The van der Waals surface area contributed by atoms with Crippen molar-refractivity contribution >= 4 is 11.7 Å². The topological polar surface area (TPSA) is 73.5 Å². The zero-order valence-corrected chi connectivity index (χ0v) is 18.3. The van der Waals surface area contributed by atoms with Gasteiger partial charge in [0.2, 0.25) is 5.91 Å². The molecule has 1 fully saturated rings. The molecule has 0 bridgehead atoms. The fraction of sp³-hybridized carbons (Fsp3) is 0.455. The van der Waals surface area contributed by atoms with E-state index in [4.69, 9.17) is 4.74 Å². The molecule has 32 heavy (non-hydrogen) atoms. The molecular formula is C22H26F3N5O2. The number of piperazine rings is 1.